The van der Waals surface area contributed by atoms with Crippen LogP contribution >= 0.6 is 24.0 Å². The third kappa shape index (κ3) is 2.30. The first kappa shape index (κ1) is 10.4. The molecule has 1 aromatic heterocycles. The first-order valence-corrected chi connectivity index (χ1v) is 5.84. The van der Waals surface area contributed by atoms with Crippen LogP contribution in [0, 0.1) is 0 Å². The summed E-state index contributed by atoms with van der Waals surface area (Å²) in [6, 6.07) is 7.78. The largest absolute Gasteiger partial charge is 0.301 e. The zero-order valence-electron chi connectivity index (χ0n) is 8.10. The summed E-state index contributed by atoms with van der Waals surface area (Å²) in [6.45, 7) is 1.73. The third-order valence-corrected chi connectivity index (χ3v) is 3.09. The SMILES string of the molecule is CC(S)C(=O)Nc1nc2ccccc2s1. The average Bonchev–Trinajstić information content (AvgIpc) is 2.59. The van der Waals surface area contributed by atoms with Crippen molar-refractivity contribution in [1.82, 2.24) is 4.98 Å². The number of hydrogen-bond acceptors (Lipinski definition) is 4. The van der Waals surface area contributed by atoms with E-state index < -0.39 is 0 Å². The van der Waals surface area contributed by atoms with Crippen molar-refractivity contribution in [3.63, 3.8) is 0 Å². The molecule has 0 spiro atoms. The van der Waals surface area contributed by atoms with Gasteiger partial charge in [0, 0.05) is 0 Å². The Kier molecular flexibility index (Phi) is 2.93. The van der Waals surface area contributed by atoms with Gasteiger partial charge in [0.25, 0.3) is 0 Å². The molecule has 1 unspecified atom stereocenters. The van der Waals surface area contributed by atoms with Gasteiger partial charge in [-0.1, -0.05) is 23.5 Å². The van der Waals surface area contributed by atoms with E-state index in [0.29, 0.717) is 5.13 Å². The number of thiazole rings is 1. The fraction of sp³-hybridized carbons (Fsp3) is 0.200. The van der Waals surface area contributed by atoms with Crippen molar-refractivity contribution < 1.29 is 4.79 Å². The molecule has 2 rings (SSSR count). The highest BCUT2D eigenvalue weighted by Crippen LogP contribution is 2.25. The Labute approximate surface area is 96.9 Å². The number of hydrogen-bond donors (Lipinski definition) is 2. The van der Waals surface area contributed by atoms with Crippen molar-refractivity contribution in [2.24, 2.45) is 0 Å². The number of aromatic nitrogens is 1. The summed E-state index contributed by atoms with van der Waals surface area (Å²) < 4.78 is 1.07. The molecule has 0 aliphatic rings. The predicted octanol–water partition coefficient (Wildman–Crippen LogP) is 2.55. The molecule has 1 N–H and O–H groups in total. The molecule has 1 amide bonds. The van der Waals surface area contributed by atoms with Crippen LogP contribution in [-0.4, -0.2) is 16.1 Å². The fourth-order valence-electron chi connectivity index (χ4n) is 1.14. The van der Waals surface area contributed by atoms with Crippen molar-refractivity contribution >= 4 is 45.2 Å². The first-order chi connectivity index (χ1) is 7.16. The number of thiol groups is 1. The van der Waals surface area contributed by atoms with Gasteiger partial charge in [-0.2, -0.15) is 12.6 Å². The maximum Gasteiger partial charge on any atom is 0.238 e. The van der Waals surface area contributed by atoms with Gasteiger partial charge in [-0.25, -0.2) is 4.98 Å². The number of rotatable bonds is 2. The Morgan fingerprint density at radius 1 is 1.53 bits per heavy atom. The van der Waals surface area contributed by atoms with E-state index in [-0.39, 0.29) is 11.2 Å². The Balaban J connectivity index is 2.26. The third-order valence-electron chi connectivity index (χ3n) is 1.90. The molecule has 3 nitrogen and oxygen atoms in total. The Hall–Kier alpha value is -1.07. The predicted molar refractivity (Wildman–Crippen MR) is 66.7 cm³/mol. The summed E-state index contributed by atoms with van der Waals surface area (Å²) in [6.07, 6.45) is 0. The average molecular weight is 238 g/mol. The zero-order chi connectivity index (χ0) is 10.8. The minimum atomic E-state index is -0.322. The molecule has 0 saturated heterocycles. The molecule has 1 aromatic carbocycles. The van der Waals surface area contributed by atoms with Crippen molar-refractivity contribution in [2.45, 2.75) is 12.2 Å². The van der Waals surface area contributed by atoms with E-state index >= 15 is 0 Å². The van der Waals surface area contributed by atoms with Crippen LogP contribution in [0.3, 0.4) is 0 Å². The van der Waals surface area contributed by atoms with Crippen molar-refractivity contribution in [3.8, 4) is 0 Å². The molecule has 15 heavy (non-hydrogen) atoms. The first-order valence-electron chi connectivity index (χ1n) is 4.51. The van der Waals surface area contributed by atoms with Crippen LogP contribution in [0.2, 0.25) is 0 Å². The van der Waals surface area contributed by atoms with E-state index in [9.17, 15) is 4.79 Å². The molecule has 0 bridgehead atoms. The van der Waals surface area contributed by atoms with Gasteiger partial charge in [0.15, 0.2) is 5.13 Å². The molecule has 2 aromatic rings. The number of nitrogens with zero attached hydrogens (tertiary/aromatic N) is 1. The quantitative estimate of drug-likeness (QED) is 0.790. The van der Waals surface area contributed by atoms with Gasteiger partial charge in [0.2, 0.25) is 5.91 Å². The van der Waals surface area contributed by atoms with Gasteiger partial charge in [0.1, 0.15) is 0 Å². The number of amides is 1. The standard InChI is InChI=1S/C10H10N2OS2/c1-6(14)9(13)12-10-11-7-4-2-3-5-8(7)15-10/h2-6,14H,1H3,(H,11,12,13). The van der Waals surface area contributed by atoms with Gasteiger partial charge in [-0.05, 0) is 19.1 Å². The van der Waals surface area contributed by atoms with Crippen LogP contribution < -0.4 is 5.32 Å². The van der Waals surface area contributed by atoms with Crippen LogP contribution in [0.4, 0.5) is 5.13 Å². The monoisotopic (exact) mass is 238 g/mol. The molecule has 0 aliphatic heterocycles. The Bertz CT molecular complexity index is 460. The summed E-state index contributed by atoms with van der Waals surface area (Å²) in [7, 11) is 0. The summed E-state index contributed by atoms with van der Waals surface area (Å²) in [5.74, 6) is -0.127. The van der Waals surface area contributed by atoms with Crippen LogP contribution in [0.25, 0.3) is 10.2 Å². The van der Waals surface area contributed by atoms with E-state index in [1.807, 2.05) is 24.3 Å². The second-order valence-corrected chi connectivity index (χ2v) is 4.96. The van der Waals surface area contributed by atoms with Gasteiger partial charge in [-0.15, -0.1) is 0 Å². The minimum Gasteiger partial charge on any atom is -0.301 e. The Morgan fingerprint density at radius 2 is 2.27 bits per heavy atom. The number of para-hydroxylation sites is 1. The number of benzene rings is 1. The van der Waals surface area contributed by atoms with E-state index in [2.05, 4.69) is 22.9 Å². The van der Waals surface area contributed by atoms with Crippen LogP contribution in [0.1, 0.15) is 6.92 Å². The molecule has 0 fully saturated rings. The molecule has 1 heterocycles. The lowest BCUT2D eigenvalue weighted by molar-refractivity contribution is -0.115. The number of carbonyl (C=O) groups excluding carboxylic acids is 1. The van der Waals surface area contributed by atoms with Gasteiger partial charge in [-0.3, -0.25) is 4.79 Å². The van der Waals surface area contributed by atoms with E-state index in [0.717, 1.165) is 10.2 Å². The van der Waals surface area contributed by atoms with Crippen molar-refractivity contribution in [2.75, 3.05) is 5.32 Å². The summed E-state index contributed by atoms with van der Waals surface area (Å²) in [5, 5.41) is 3.03. The molecular formula is C10H10N2OS2. The summed E-state index contributed by atoms with van der Waals surface area (Å²) in [4.78, 5) is 15.7. The lowest BCUT2D eigenvalue weighted by Gasteiger charge is -2.02. The topological polar surface area (TPSA) is 42.0 Å². The van der Waals surface area contributed by atoms with Gasteiger partial charge in [0.05, 0.1) is 15.5 Å². The van der Waals surface area contributed by atoms with Crippen molar-refractivity contribution in [1.29, 1.82) is 0 Å². The maximum atomic E-state index is 11.4. The lowest BCUT2D eigenvalue weighted by atomic mass is 10.3. The normalized spacial score (nSPS) is 12.7. The van der Waals surface area contributed by atoms with Crippen molar-refractivity contribution in [3.05, 3.63) is 24.3 Å². The molecule has 5 heteroatoms. The maximum absolute atomic E-state index is 11.4. The number of fused-ring (bicyclic) bond motifs is 1. The molecule has 0 aliphatic carbocycles. The molecule has 0 saturated carbocycles. The molecule has 1 atom stereocenters. The summed E-state index contributed by atoms with van der Waals surface area (Å²) >= 11 is 5.52. The molecular weight excluding hydrogens is 228 g/mol. The Morgan fingerprint density at radius 3 is 2.93 bits per heavy atom. The van der Waals surface area contributed by atoms with E-state index in [1.165, 1.54) is 11.3 Å². The fourth-order valence-corrected chi connectivity index (χ4v) is 2.07. The minimum absolute atomic E-state index is 0.127. The molecule has 0 radical (unpaired) electrons. The zero-order valence-corrected chi connectivity index (χ0v) is 9.81. The highest BCUT2D eigenvalue weighted by Gasteiger charge is 2.10. The summed E-state index contributed by atoms with van der Waals surface area (Å²) in [5.41, 5.74) is 0.907. The highest BCUT2D eigenvalue weighted by atomic mass is 32.1. The number of carbonyl (C=O) groups is 1. The second-order valence-electron chi connectivity index (χ2n) is 3.15. The number of anilines is 1. The van der Waals surface area contributed by atoms with Crippen LogP contribution in [0.15, 0.2) is 24.3 Å². The number of nitrogens with one attached hydrogen (secondary N) is 1. The molecule has 78 valence electrons. The van der Waals surface area contributed by atoms with Crippen LogP contribution in [0.5, 0.6) is 0 Å². The van der Waals surface area contributed by atoms with Gasteiger partial charge < -0.3 is 5.32 Å². The second kappa shape index (κ2) is 4.20. The van der Waals surface area contributed by atoms with Gasteiger partial charge >= 0.3 is 0 Å². The lowest BCUT2D eigenvalue weighted by Crippen LogP contribution is -2.20. The van der Waals surface area contributed by atoms with E-state index in [1.54, 1.807) is 6.92 Å². The smallest absolute Gasteiger partial charge is 0.238 e. The van der Waals surface area contributed by atoms with Crippen LogP contribution in [-0.2, 0) is 4.79 Å². The van der Waals surface area contributed by atoms with E-state index in [4.69, 9.17) is 0 Å². The highest BCUT2D eigenvalue weighted by molar-refractivity contribution is 7.81.